The highest BCUT2D eigenvalue weighted by Crippen LogP contribution is 2.37. The number of benzene rings is 1. The zero-order valence-corrected chi connectivity index (χ0v) is 8.06. The number of phenolic OH excluding ortho intramolecular Hbond substituents is 1. The lowest BCUT2D eigenvalue weighted by Gasteiger charge is -2.31. The van der Waals surface area contributed by atoms with Gasteiger partial charge in [0.15, 0.2) is 11.5 Å². The monoisotopic (exact) mass is 210 g/mol. The summed E-state index contributed by atoms with van der Waals surface area (Å²) < 4.78 is 10.5. The maximum Gasteiger partial charge on any atom is 0.351 e. The molecule has 1 unspecified atom stereocenters. The molecule has 0 amide bonds. The van der Waals surface area contributed by atoms with E-state index in [1.807, 2.05) is 0 Å². The fourth-order valence-electron chi connectivity index (χ4n) is 1.29. The molecule has 0 spiro atoms. The number of carboxylic acids is 1. The molecule has 1 aliphatic heterocycles. The van der Waals surface area contributed by atoms with E-state index in [1.54, 1.807) is 0 Å². The molecule has 1 aliphatic rings. The third-order valence-corrected chi connectivity index (χ3v) is 2.22. The summed E-state index contributed by atoms with van der Waals surface area (Å²) in [5.41, 5.74) is -1.40. The van der Waals surface area contributed by atoms with Gasteiger partial charge in [0.1, 0.15) is 12.4 Å². The first-order valence-electron chi connectivity index (χ1n) is 4.39. The van der Waals surface area contributed by atoms with E-state index >= 15 is 0 Å². The first-order chi connectivity index (χ1) is 7.01. The molecule has 15 heavy (non-hydrogen) atoms. The molecular weight excluding hydrogens is 200 g/mol. The number of aromatic hydroxyl groups is 1. The molecule has 0 aliphatic carbocycles. The Labute approximate surface area is 85.9 Å². The number of fused-ring (bicyclic) bond motifs is 1. The minimum atomic E-state index is -1.40. The Morgan fingerprint density at radius 1 is 1.47 bits per heavy atom. The summed E-state index contributed by atoms with van der Waals surface area (Å²) in [7, 11) is 0. The molecule has 0 bridgehead atoms. The van der Waals surface area contributed by atoms with Crippen molar-refractivity contribution in [3.05, 3.63) is 18.2 Å². The van der Waals surface area contributed by atoms with Crippen molar-refractivity contribution in [2.45, 2.75) is 12.5 Å². The maximum absolute atomic E-state index is 10.9. The van der Waals surface area contributed by atoms with E-state index in [0.717, 1.165) is 0 Å². The summed E-state index contributed by atoms with van der Waals surface area (Å²) in [6.07, 6.45) is 0. The van der Waals surface area contributed by atoms with Crippen LogP contribution in [0, 0.1) is 0 Å². The molecule has 0 aromatic heterocycles. The van der Waals surface area contributed by atoms with Crippen molar-refractivity contribution in [3.8, 4) is 17.2 Å². The van der Waals surface area contributed by atoms with Gasteiger partial charge in [-0.15, -0.1) is 0 Å². The van der Waals surface area contributed by atoms with Crippen molar-refractivity contribution in [3.63, 3.8) is 0 Å². The van der Waals surface area contributed by atoms with E-state index in [-0.39, 0.29) is 18.1 Å². The zero-order valence-electron chi connectivity index (χ0n) is 8.06. The standard InChI is InChI=1S/C10H10O5/c1-10(9(12)13)5-14-7-3-2-6(11)4-8(7)15-10/h2-4,11H,5H2,1H3,(H,12,13). The summed E-state index contributed by atoms with van der Waals surface area (Å²) in [4.78, 5) is 10.9. The van der Waals surface area contributed by atoms with Crippen LogP contribution in [0.2, 0.25) is 0 Å². The van der Waals surface area contributed by atoms with E-state index in [1.165, 1.54) is 25.1 Å². The van der Waals surface area contributed by atoms with Gasteiger partial charge in [0.25, 0.3) is 0 Å². The van der Waals surface area contributed by atoms with Crippen LogP contribution in [0.4, 0.5) is 0 Å². The second kappa shape index (κ2) is 3.05. The Kier molecular flexibility index (Phi) is 1.96. The smallest absolute Gasteiger partial charge is 0.351 e. The summed E-state index contributed by atoms with van der Waals surface area (Å²) in [6.45, 7) is 1.36. The number of aliphatic carboxylic acids is 1. The molecule has 1 aromatic carbocycles. The van der Waals surface area contributed by atoms with Gasteiger partial charge in [-0.1, -0.05) is 0 Å². The van der Waals surface area contributed by atoms with E-state index in [9.17, 15) is 9.90 Å². The quantitative estimate of drug-likeness (QED) is 0.723. The Balaban J connectivity index is 2.37. The fraction of sp³-hybridized carbons (Fsp3) is 0.300. The molecule has 80 valence electrons. The van der Waals surface area contributed by atoms with E-state index < -0.39 is 11.6 Å². The summed E-state index contributed by atoms with van der Waals surface area (Å²) >= 11 is 0. The number of rotatable bonds is 1. The van der Waals surface area contributed by atoms with Gasteiger partial charge < -0.3 is 19.7 Å². The normalized spacial score (nSPS) is 23.5. The highest BCUT2D eigenvalue weighted by molar-refractivity contribution is 5.78. The Bertz CT molecular complexity index is 414. The van der Waals surface area contributed by atoms with Crippen molar-refractivity contribution in [2.75, 3.05) is 6.61 Å². The van der Waals surface area contributed by atoms with Gasteiger partial charge >= 0.3 is 5.97 Å². The van der Waals surface area contributed by atoms with Crippen LogP contribution >= 0.6 is 0 Å². The van der Waals surface area contributed by atoms with E-state index in [2.05, 4.69) is 0 Å². The number of carbonyl (C=O) groups is 1. The molecular formula is C10H10O5. The summed E-state index contributed by atoms with van der Waals surface area (Å²) in [6, 6.07) is 4.31. The van der Waals surface area contributed by atoms with Crippen molar-refractivity contribution >= 4 is 5.97 Å². The molecule has 2 rings (SSSR count). The number of hydrogen-bond acceptors (Lipinski definition) is 4. The molecule has 1 aromatic rings. The largest absolute Gasteiger partial charge is 0.508 e. The summed E-state index contributed by atoms with van der Waals surface area (Å²) in [5.74, 6) is -0.416. The Morgan fingerprint density at radius 2 is 2.20 bits per heavy atom. The molecule has 0 radical (unpaired) electrons. The predicted molar refractivity (Wildman–Crippen MR) is 50.3 cm³/mol. The molecule has 1 heterocycles. The molecule has 0 fully saturated rings. The van der Waals surface area contributed by atoms with Crippen molar-refractivity contribution in [1.29, 1.82) is 0 Å². The third-order valence-electron chi connectivity index (χ3n) is 2.22. The van der Waals surface area contributed by atoms with Gasteiger partial charge in [-0.3, -0.25) is 0 Å². The Morgan fingerprint density at radius 3 is 2.87 bits per heavy atom. The van der Waals surface area contributed by atoms with Gasteiger partial charge in [-0.25, -0.2) is 4.79 Å². The SMILES string of the molecule is CC1(C(=O)O)COc2ccc(O)cc2O1. The number of hydrogen-bond donors (Lipinski definition) is 2. The first-order valence-corrected chi connectivity index (χ1v) is 4.39. The summed E-state index contributed by atoms with van der Waals surface area (Å²) in [5, 5.41) is 18.1. The maximum atomic E-state index is 10.9. The molecule has 0 saturated carbocycles. The fourth-order valence-corrected chi connectivity index (χ4v) is 1.29. The van der Waals surface area contributed by atoms with Crippen molar-refractivity contribution in [1.82, 2.24) is 0 Å². The molecule has 1 atom stereocenters. The van der Waals surface area contributed by atoms with Crippen molar-refractivity contribution < 1.29 is 24.5 Å². The van der Waals surface area contributed by atoms with Crippen LogP contribution in [0.3, 0.4) is 0 Å². The average Bonchev–Trinajstić information content (AvgIpc) is 2.16. The van der Waals surface area contributed by atoms with E-state index in [4.69, 9.17) is 14.6 Å². The average molecular weight is 210 g/mol. The van der Waals surface area contributed by atoms with Gasteiger partial charge in [-0.2, -0.15) is 0 Å². The highest BCUT2D eigenvalue weighted by atomic mass is 16.6. The number of phenols is 1. The van der Waals surface area contributed by atoms with Gasteiger partial charge in [0, 0.05) is 6.07 Å². The van der Waals surface area contributed by atoms with Crippen LogP contribution in [0.5, 0.6) is 17.2 Å². The van der Waals surface area contributed by atoms with Crippen LogP contribution in [0.1, 0.15) is 6.92 Å². The van der Waals surface area contributed by atoms with Crippen LogP contribution < -0.4 is 9.47 Å². The third kappa shape index (κ3) is 1.56. The second-order valence-corrected chi connectivity index (χ2v) is 3.56. The lowest BCUT2D eigenvalue weighted by atomic mass is 10.1. The number of carboxylic acid groups (broad SMARTS) is 1. The second-order valence-electron chi connectivity index (χ2n) is 3.56. The Hall–Kier alpha value is -1.91. The van der Waals surface area contributed by atoms with Crippen LogP contribution in [0.25, 0.3) is 0 Å². The van der Waals surface area contributed by atoms with Gasteiger partial charge in [0.2, 0.25) is 5.60 Å². The minimum absolute atomic E-state index is 0.00647. The van der Waals surface area contributed by atoms with Crippen LogP contribution in [-0.4, -0.2) is 28.4 Å². The van der Waals surface area contributed by atoms with Crippen molar-refractivity contribution in [2.24, 2.45) is 0 Å². The van der Waals surface area contributed by atoms with Crippen LogP contribution in [0.15, 0.2) is 18.2 Å². The van der Waals surface area contributed by atoms with Crippen LogP contribution in [-0.2, 0) is 4.79 Å². The first kappa shape index (κ1) is 9.64. The topological polar surface area (TPSA) is 76.0 Å². The molecule has 5 nitrogen and oxygen atoms in total. The molecule has 0 saturated heterocycles. The highest BCUT2D eigenvalue weighted by Gasteiger charge is 2.40. The molecule has 2 N–H and O–H groups in total. The number of ether oxygens (including phenoxy) is 2. The molecule has 5 heteroatoms. The van der Waals surface area contributed by atoms with E-state index in [0.29, 0.717) is 5.75 Å². The lowest BCUT2D eigenvalue weighted by Crippen LogP contribution is -2.49. The van der Waals surface area contributed by atoms with Gasteiger partial charge in [-0.05, 0) is 19.1 Å². The zero-order chi connectivity index (χ0) is 11.1. The lowest BCUT2D eigenvalue weighted by molar-refractivity contribution is -0.158. The minimum Gasteiger partial charge on any atom is -0.508 e. The predicted octanol–water partition coefficient (Wildman–Crippen LogP) is 1.01. The van der Waals surface area contributed by atoms with Gasteiger partial charge in [0.05, 0.1) is 0 Å².